The highest BCUT2D eigenvalue weighted by Crippen LogP contribution is 2.24. The van der Waals surface area contributed by atoms with Gasteiger partial charge in [0.15, 0.2) is 5.76 Å². The number of benzene rings is 1. The van der Waals surface area contributed by atoms with Crippen LogP contribution in [0.4, 0.5) is 0 Å². The van der Waals surface area contributed by atoms with Crippen LogP contribution in [0.2, 0.25) is 0 Å². The van der Waals surface area contributed by atoms with Crippen molar-refractivity contribution in [3.05, 3.63) is 59.2 Å². The largest absolute Gasteiger partial charge is 0.460 e. The van der Waals surface area contributed by atoms with Crippen LogP contribution in [-0.4, -0.2) is 12.1 Å². The van der Waals surface area contributed by atoms with Crippen molar-refractivity contribution in [2.24, 2.45) is 5.10 Å². The molecule has 0 saturated carbocycles. The maximum atomic E-state index is 12.1. The third kappa shape index (κ3) is 2.58. The number of aryl methyl sites for hydroxylation is 2. The maximum Gasteiger partial charge on any atom is 0.307 e. The van der Waals surface area contributed by atoms with Crippen molar-refractivity contribution in [1.29, 1.82) is 0 Å². The van der Waals surface area contributed by atoms with Gasteiger partial charge in [-0.3, -0.25) is 4.79 Å². The number of rotatable bonds is 3. The molecule has 0 aliphatic rings. The van der Waals surface area contributed by atoms with Crippen LogP contribution in [0.15, 0.2) is 50.3 Å². The van der Waals surface area contributed by atoms with Gasteiger partial charge >= 0.3 is 5.91 Å². The summed E-state index contributed by atoms with van der Waals surface area (Å²) in [6.07, 6.45) is 1.45. The van der Waals surface area contributed by atoms with E-state index in [0.29, 0.717) is 11.3 Å². The maximum absolute atomic E-state index is 12.1. The number of hydrogen-bond donors (Lipinski definition) is 1. The Morgan fingerprint density at radius 1 is 1.14 bits per heavy atom. The molecule has 0 fully saturated rings. The van der Waals surface area contributed by atoms with Crippen molar-refractivity contribution < 1.29 is 13.6 Å². The number of nitrogens with one attached hydrogen (secondary N) is 1. The van der Waals surface area contributed by atoms with Gasteiger partial charge in [0.2, 0.25) is 0 Å². The van der Waals surface area contributed by atoms with Gasteiger partial charge in [0.25, 0.3) is 0 Å². The molecule has 1 aromatic carbocycles. The van der Waals surface area contributed by atoms with Gasteiger partial charge in [-0.1, -0.05) is 18.2 Å². The van der Waals surface area contributed by atoms with Crippen LogP contribution in [-0.2, 0) is 0 Å². The Kier molecular flexibility index (Phi) is 3.31. The lowest BCUT2D eigenvalue weighted by molar-refractivity contribution is 0.0929. The first-order valence-electron chi connectivity index (χ1n) is 6.53. The van der Waals surface area contributed by atoms with Crippen molar-refractivity contribution in [2.45, 2.75) is 13.8 Å². The summed E-state index contributed by atoms with van der Waals surface area (Å²) in [6.45, 7) is 3.69. The molecule has 106 valence electrons. The Hall–Kier alpha value is -2.82. The molecule has 5 heteroatoms. The summed E-state index contributed by atoms with van der Waals surface area (Å²) in [7, 11) is 0. The molecule has 0 unspecified atom stereocenters. The predicted octanol–water partition coefficient (Wildman–Crippen LogP) is 3.41. The monoisotopic (exact) mass is 282 g/mol. The molecule has 0 radical (unpaired) electrons. The molecule has 5 nitrogen and oxygen atoms in total. The van der Waals surface area contributed by atoms with Crippen LogP contribution in [0.1, 0.15) is 27.6 Å². The molecule has 3 aromatic rings. The Bertz CT molecular complexity index is 827. The van der Waals surface area contributed by atoms with Gasteiger partial charge in [-0.25, -0.2) is 5.43 Å². The molecule has 21 heavy (non-hydrogen) atoms. The summed E-state index contributed by atoms with van der Waals surface area (Å²) < 4.78 is 10.9. The molecular formula is C16H14N2O3. The third-order valence-corrected chi connectivity index (χ3v) is 3.17. The normalized spacial score (nSPS) is 11.3. The number of carbonyl (C=O) groups is 1. The van der Waals surface area contributed by atoms with Gasteiger partial charge in [0.05, 0.1) is 6.21 Å². The Morgan fingerprint density at radius 2 is 1.95 bits per heavy atom. The van der Waals surface area contributed by atoms with E-state index in [1.165, 1.54) is 6.21 Å². The van der Waals surface area contributed by atoms with Crippen LogP contribution < -0.4 is 5.43 Å². The van der Waals surface area contributed by atoms with Gasteiger partial charge in [0, 0.05) is 10.9 Å². The molecule has 0 saturated heterocycles. The first-order chi connectivity index (χ1) is 10.1. The second-order valence-electron chi connectivity index (χ2n) is 4.70. The molecule has 1 amide bonds. The van der Waals surface area contributed by atoms with Crippen LogP contribution in [0.25, 0.3) is 11.0 Å². The van der Waals surface area contributed by atoms with E-state index in [4.69, 9.17) is 8.83 Å². The topological polar surface area (TPSA) is 67.7 Å². The number of amides is 1. The first kappa shape index (κ1) is 13.2. The summed E-state index contributed by atoms with van der Waals surface area (Å²) in [5.41, 5.74) is 3.92. The van der Waals surface area contributed by atoms with E-state index in [1.54, 1.807) is 6.07 Å². The minimum Gasteiger partial charge on any atom is -0.460 e. The smallest absolute Gasteiger partial charge is 0.307 e. The van der Waals surface area contributed by atoms with Crippen LogP contribution in [0.5, 0.6) is 0 Å². The minimum absolute atomic E-state index is 0.268. The molecule has 0 atom stereocenters. The Morgan fingerprint density at radius 3 is 2.67 bits per heavy atom. The van der Waals surface area contributed by atoms with Gasteiger partial charge in [-0.15, -0.1) is 0 Å². The molecule has 0 spiro atoms. The average molecular weight is 282 g/mol. The summed E-state index contributed by atoms with van der Waals surface area (Å²) in [6, 6.07) is 11.1. The van der Waals surface area contributed by atoms with Crippen LogP contribution in [0.3, 0.4) is 0 Å². The van der Waals surface area contributed by atoms with Gasteiger partial charge in [-0.05, 0) is 32.0 Å². The van der Waals surface area contributed by atoms with Crippen molar-refractivity contribution in [3.8, 4) is 0 Å². The standard InChI is InChI=1S/C16H14N2O3/c1-10-7-8-12(20-10)9-17-18-16(19)15-11(2)13-5-3-4-6-14(13)21-15/h3-9H,1-2H3,(H,18,19)/b17-9-. The number of hydrazone groups is 1. The molecule has 1 N–H and O–H groups in total. The average Bonchev–Trinajstić information content (AvgIpc) is 3.03. The van der Waals surface area contributed by atoms with Crippen molar-refractivity contribution in [1.82, 2.24) is 5.43 Å². The zero-order valence-electron chi connectivity index (χ0n) is 11.7. The number of carbonyl (C=O) groups excluding carboxylic acids is 1. The van der Waals surface area contributed by atoms with Crippen LogP contribution in [0, 0.1) is 13.8 Å². The fourth-order valence-corrected chi connectivity index (χ4v) is 2.12. The van der Waals surface area contributed by atoms with E-state index in [1.807, 2.05) is 44.2 Å². The molecule has 2 heterocycles. The van der Waals surface area contributed by atoms with E-state index < -0.39 is 0 Å². The van der Waals surface area contributed by atoms with Gasteiger partial charge in [0.1, 0.15) is 17.1 Å². The third-order valence-electron chi connectivity index (χ3n) is 3.17. The number of furan rings is 2. The molecule has 3 rings (SSSR count). The van der Waals surface area contributed by atoms with E-state index >= 15 is 0 Å². The minimum atomic E-state index is -0.386. The van der Waals surface area contributed by atoms with Crippen molar-refractivity contribution >= 4 is 23.1 Å². The van der Waals surface area contributed by atoms with E-state index in [-0.39, 0.29) is 11.7 Å². The fraction of sp³-hybridized carbons (Fsp3) is 0.125. The lowest BCUT2D eigenvalue weighted by Crippen LogP contribution is -2.17. The molecule has 2 aromatic heterocycles. The highest BCUT2D eigenvalue weighted by Gasteiger charge is 2.16. The summed E-state index contributed by atoms with van der Waals surface area (Å²) in [5, 5.41) is 4.79. The molecule has 0 bridgehead atoms. The predicted molar refractivity (Wildman–Crippen MR) is 79.5 cm³/mol. The van der Waals surface area contributed by atoms with Crippen molar-refractivity contribution in [2.75, 3.05) is 0 Å². The number of para-hydroxylation sites is 1. The Balaban J connectivity index is 1.78. The second-order valence-corrected chi connectivity index (χ2v) is 4.70. The van der Waals surface area contributed by atoms with E-state index in [0.717, 1.165) is 16.7 Å². The lowest BCUT2D eigenvalue weighted by Gasteiger charge is -1.96. The number of hydrogen-bond acceptors (Lipinski definition) is 4. The molecule has 0 aliphatic heterocycles. The van der Waals surface area contributed by atoms with Gasteiger partial charge in [-0.2, -0.15) is 5.10 Å². The highest BCUT2D eigenvalue weighted by atomic mass is 16.3. The SMILES string of the molecule is Cc1ccc(/C=N\NC(=O)c2oc3ccccc3c2C)o1. The van der Waals surface area contributed by atoms with Gasteiger partial charge < -0.3 is 8.83 Å². The zero-order valence-corrected chi connectivity index (χ0v) is 11.7. The fourth-order valence-electron chi connectivity index (χ4n) is 2.12. The first-order valence-corrected chi connectivity index (χ1v) is 6.53. The second kappa shape index (κ2) is 5.28. The molecule has 0 aliphatic carbocycles. The lowest BCUT2D eigenvalue weighted by atomic mass is 10.1. The highest BCUT2D eigenvalue weighted by molar-refractivity contribution is 5.99. The number of nitrogens with zero attached hydrogens (tertiary/aromatic N) is 1. The van der Waals surface area contributed by atoms with Crippen LogP contribution >= 0.6 is 0 Å². The summed E-state index contributed by atoms with van der Waals surface area (Å²) >= 11 is 0. The Labute approximate surface area is 121 Å². The van der Waals surface area contributed by atoms with Crippen molar-refractivity contribution in [3.63, 3.8) is 0 Å². The summed E-state index contributed by atoms with van der Waals surface area (Å²) in [5.74, 6) is 1.25. The quantitative estimate of drug-likeness (QED) is 0.591. The number of fused-ring (bicyclic) bond motifs is 1. The zero-order chi connectivity index (χ0) is 14.8. The summed E-state index contributed by atoms with van der Waals surface area (Å²) in [4.78, 5) is 12.1. The van der Waals surface area contributed by atoms with E-state index in [2.05, 4.69) is 10.5 Å². The van der Waals surface area contributed by atoms with E-state index in [9.17, 15) is 4.79 Å². The molecular weight excluding hydrogens is 268 g/mol.